The lowest BCUT2D eigenvalue weighted by Gasteiger charge is -2.24. The van der Waals surface area contributed by atoms with Crippen LogP contribution in [-0.2, 0) is 18.3 Å². The number of aryl methyl sites for hydroxylation is 1. The standard InChI is InChI=1S/C21H25N5O3S/c1-21(2,3)29-20(28)25(4)11-14-7-6-8-16(9-14)23-18(27)17-13-30-19(24-17)15-10-22-26(5)12-15/h6-10,12-13H,11H2,1-5H3,(H,23,27). The van der Waals surface area contributed by atoms with Gasteiger partial charge in [0.1, 0.15) is 16.3 Å². The molecule has 2 heterocycles. The molecule has 1 N–H and O–H groups in total. The predicted molar refractivity (Wildman–Crippen MR) is 116 cm³/mol. The number of carbonyl (C=O) groups is 2. The molecular formula is C21H25N5O3S. The summed E-state index contributed by atoms with van der Waals surface area (Å²) in [5, 5.41) is 9.44. The summed E-state index contributed by atoms with van der Waals surface area (Å²) in [5.74, 6) is -0.293. The molecule has 0 saturated carbocycles. The Morgan fingerprint density at radius 2 is 2.07 bits per heavy atom. The topological polar surface area (TPSA) is 89.4 Å². The molecule has 0 spiro atoms. The number of nitrogens with one attached hydrogen (secondary N) is 1. The van der Waals surface area contributed by atoms with Gasteiger partial charge >= 0.3 is 6.09 Å². The number of amides is 2. The van der Waals surface area contributed by atoms with Crippen molar-refractivity contribution in [1.29, 1.82) is 0 Å². The number of nitrogens with zero attached hydrogens (tertiary/aromatic N) is 4. The number of anilines is 1. The Morgan fingerprint density at radius 1 is 1.30 bits per heavy atom. The fourth-order valence-corrected chi connectivity index (χ4v) is 3.44. The highest BCUT2D eigenvalue weighted by Gasteiger charge is 2.20. The van der Waals surface area contributed by atoms with Crippen molar-refractivity contribution in [1.82, 2.24) is 19.7 Å². The number of hydrogen-bond acceptors (Lipinski definition) is 6. The SMILES string of the molecule is CN(Cc1cccc(NC(=O)c2csc(-c3cnn(C)c3)n2)c1)C(=O)OC(C)(C)C. The van der Waals surface area contributed by atoms with Crippen molar-refractivity contribution in [2.24, 2.45) is 7.05 Å². The van der Waals surface area contributed by atoms with E-state index in [2.05, 4.69) is 15.4 Å². The van der Waals surface area contributed by atoms with Crippen LogP contribution in [0.25, 0.3) is 10.6 Å². The van der Waals surface area contributed by atoms with Crippen molar-refractivity contribution < 1.29 is 14.3 Å². The van der Waals surface area contributed by atoms with Crippen LogP contribution in [0.2, 0.25) is 0 Å². The van der Waals surface area contributed by atoms with Crippen LogP contribution in [0.15, 0.2) is 42.0 Å². The van der Waals surface area contributed by atoms with Crippen molar-refractivity contribution >= 4 is 29.0 Å². The van der Waals surface area contributed by atoms with Gasteiger partial charge in [-0.2, -0.15) is 5.10 Å². The molecule has 3 rings (SSSR count). The number of hydrogen-bond donors (Lipinski definition) is 1. The van der Waals surface area contributed by atoms with Gasteiger partial charge in [-0.25, -0.2) is 9.78 Å². The maximum atomic E-state index is 12.6. The highest BCUT2D eigenvalue weighted by Crippen LogP contribution is 2.23. The summed E-state index contributed by atoms with van der Waals surface area (Å²) in [5.41, 5.74) is 2.16. The maximum absolute atomic E-state index is 12.6. The molecule has 2 amide bonds. The first-order valence-corrected chi connectivity index (χ1v) is 10.3. The number of thiazole rings is 1. The molecule has 158 valence electrons. The number of ether oxygens (including phenoxy) is 1. The van der Waals surface area contributed by atoms with Gasteiger partial charge in [-0.15, -0.1) is 11.3 Å². The minimum atomic E-state index is -0.552. The Morgan fingerprint density at radius 3 is 2.73 bits per heavy atom. The first kappa shape index (κ1) is 21.5. The van der Waals surface area contributed by atoms with E-state index in [9.17, 15) is 9.59 Å². The normalized spacial score (nSPS) is 11.2. The lowest BCUT2D eigenvalue weighted by atomic mass is 10.2. The lowest BCUT2D eigenvalue weighted by Crippen LogP contribution is -2.33. The van der Waals surface area contributed by atoms with E-state index in [1.807, 2.05) is 52.2 Å². The zero-order valence-corrected chi connectivity index (χ0v) is 18.5. The Labute approximate surface area is 179 Å². The number of rotatable bonds is 5. The summed E-state index contributed by atoms with van der Waals surface area (Å²) < 4.78 is 7.06. The number of benzene rings is 1. The van der Waals surface area contributed by atoms with Crippen LogP contribution >= 0.6 is 11.3 Å². The molecular weight excluding hydrogens is 402 g/mol. The van der Waals surface area contributed by atoms with Crippen LogP contribution in [0.4, 0.5) is 10.5 Å². The zero-order valence-electron chi connectivity index (χ0n) is 17.7. The molecule has 9 heteroatoms. The first-order valence-electron chi connectivity index (χ1n) is 9.40. The van der Waals surface area contributed by atoms with Crippen LogP contribution in [0, 0.1) is 0 Å². The smallest absolute Gasteiger partial charge is 0.410 e. The molecule has 0 radical (unpaired) electrons. The molecule has 0 fully saturated rings. The van der Waals surface area contributed by atoms with Gasteiger partial charge in [0.25, 0.3) is 5.91 Å². The van der Waals surface area contributed by atoms with Gasteiger partial charge in [-0.3, -0.25) is 9.48 Å². The average molecular weight is 428 g/mol. The molecule has 3 aromatic rings. The second kappa shape index (κ2) is 8.66. The van der Waals surface area contributed by atoms with E-state index in [1.165, 1.54) is 16.2 Å². The Balaban J connectivity index is 1.64. The molecule has 0 aliphatic heterocycles. The van der Waals surface area contributed by atoms with Gasteiger partial charge in [0.05, 0.1) is 6.20 Å². The van der Waals surface area contributed by atoms with Crippen LogP contribution in [0.3, 0.4) is 0 Å². The minimum absolute atomic E-state index is 0.293. The molecule has 0 saturated heterocycles. The summed E-state index contributed by atoms with van der Waals surface area (Å²) in [6, 6.07) is 7.34. The highest BCUT2D eigenvalue weighted by atomic mass is 32.1. The van der Waals surface area contributed by atoms with Crippen molar-refractivity contribution in [3.8, 4) is 10.6 Å². The summed E-state index contributed by atoms with van der Waals surface area (Å²) in [6.07, 6.45) is 3.17. The van der Waals surface area contributed by atoms with Crippen LogP contribution in [0.1, 0.15) is 36.8 Å². The molecule has 0 aliphatic carbocycles. The van der Waals surface area contributed by atoms with Crippen LogP contribution in [-0.4, -0.2) is 44.3 Å². The third-order valence-electron chi connectivity index (χ3n) is 4.00. The lowest BCUT2D eigenvalue weighted by molar-refractivity contribution is 0.0285. The van der Waals surface area contributed by atoms with E-state index in [0.29, 0.717) is 17.9 Å². The fourth-order valence-electron chi connectivity index (χ4n) is 2.66. The first-order chi connectivity index (χ1) is 14.1. The average Bonchev–Trinajstić information content (AvgIpc) is 3.29. The van der Waals surface area contributed by atoms with Gasteiger partial charge in [-0.05, 0) is 38.5 Å². The summed E-state index contributed by atoms with van der Waals surface area (Å²) in [4.78, 5) is 30.6. The molecule has 0 aliphatic rings. The highest BCUT2D eigenvalue weighted by molar-refractivity contribution is 7.13. The Bertz CT molecular complexity index is 1050. The van der Waals surface area contributed by atoms with Gasteiger partial charge < -0.3 is 15.0 Å². The third kappa shape index (κ3) is 5.66. The molecule has 2 aromatic heterocycles. The maximum Gasteiger partial charge on any atom is 0.410 e. The van der Waals surface area contributed by atoms with E-state index in [1.54, 1.807) is 29.4 Å². The van der Waals surface area contributed by atoms with Crippen molar-refractivity contribution in [3.63, 3.8) is 0 Å². The Hall–Kier alpha value is -3.20. The van der Waals surface area contributed by atoms with Gasteiger partial charge in [0.2, 0.25) is 0 Å². The van der Waals surface area contributed by atoms with E-state index in [0.717, 1.165) is 16.1 Å². The van der Waals surface area contributed by atoms with Gasteiger partial charge in [0, 0.05) is 43.5 Å². The van der Waals surface area contributed by atoms with Crippen molar-refractivity contribution in [3.05, 3.63) is 53.3 Å². The van der Waals surface area contributed by atoms with E-state index >= 15 is 0 Å². The van der Waals surface area contributed by atoms with Gasteiger partial charge in [0.15, 0.2) is 0 Å². The quantitative estimate of drug-likeness (QED) is 0.660. The molecule has 0 unspecified atom stereocenters. The fraction of sp³-hybridized carbons (Fsp3) is 0.333. The summed E-state index contributed by atoms with van der Waals surface area (Å²) in [6.45, 7) is 5.84. The molecule has 0 atom stereocenters. The summed E-state index contributed by atoms with van der Waals surface area (Å²) >= 11 is 1.39. The van der Waals surface area contributed by atoms with E-state index in [-0.39, 0.29) is 5.91 Å². The van der Waals surface area contributed by atoms with Gasteiger partial charge in [-0.1, -0.05) is 12.1 Å². The van der Waals surface area contributed by atoms with Crippen molar-refractivity contribution in [2.75, 3.05) is 12.4 Å². The number of aromatic nitrogens is 3. The third-order valence-corrected chi connectivity index (χ3v) is 4.89. The van der Waals surface area contributed by atoms with Crippen molar-refractivity contribution in [2.45, 2.75) is 32.9 Å². The number of carbonyl (C=O) groups excluding carboxylic acids is 2. The predicted octanol–water partition coefficient (Wildman–Crippen LogP) is 4.16. The van der Waals surface area contributed by atoms with Crippen LogP contribution < -0.4 is 5.32 Å². The zero-order chi connectivity index (χ0) is 21.9. The van der Waals surface area contributed by atoms with E-state index < -0.39 is 11.7 Å². The molecule has 0 bridgehead atoms. The largest absolute Gasteiger partial charge is 0.444 e. The molecule has 8 nitrogen and oxygen atoms in total. The molecule has 30 heavy (non-hydrogen) atoms. The minimum Gasteiger partial charge on any atom is -0.444 e. The second-order valence-electron chi connectivity index (χ2n) is 7.93. The Kier molecular flexibility index (Phi) is 6.21. The summed E-state index contributed by atoms with van der Waals surface area (Å²) in [7, 11) is 3.51. The van der Waals surface area contributed by atoms with E-state index in [4.69, 9.17) is 4.74 Å². The van der Waals surface area contributed by atoms with Crippen LogP contribution in [0.5, 0.6) is 0 Å². The second-order valence-corrected chi connectivity index (χ2v) is 8.79. The monoisotopic (exact) mass is 427 g/mol. The molecule has 1 aromatic carbocycles.